The standard InChI is InChI=1S/C23H24F3N3O2/c1-2-14-27-21(30)17-8-12-19(13-9-17)28-22(31)29-15-4-3-5-20(29)16-6-10-18(11-7-16)23(24,25)26/h2,6-13,20H,1,3-5,14-15H2,(H,27,30)(H,28,31)/t20-/m1/s1. The lowest BCUT2D eigenvalue weighted by Crippen LogP contribution is -2.41. The third kappa shape index (κ3) is 5.65. The van der Waals surface area contributed by atoms with Gasteiger partial charge in [-0.3, -0.25) is 4.79 Å². The maximum atomic E-state index is 12.9. The number of piperidine rings is 1. The van der Waals surface area contributed by atoms with E-state index in [1.54, 1.807) is 35.2 Å². The molecule has 0 spiro atoms. The van der Waals surface area contributed by atoms with Crippen LogP contribution in [0.2, 0.25) is 0 Å². The number of anilines is 1. The molecule has 1 atom stereocenters. The third-order valence-corrected chi connectivity index (χ3v) is 5.19. The molecule has 0 bridgehead atoms. The van der Waals surface area contributed by atoms with E-state index in [9.17, 15) is 22.8 Å². The Balaban J connectivity index is 1.69. The van der Waals surface area contributed by atoms with Crippen molar-refractivity contribution in [1.82, 2.24) is 10.2 Å². The van der Waals surface area contributed by atoms with E-state index in [-0.39, 0.29) is 18.0 Å². The number of benzene rings is 2. The molecule has 2 aromatic rings. The third-order valence-electron chi connectivity index (χ3n) is 5.19. The maximum absolute atomic E-state index is 12.9. The lowest BCUT2D eigenvalue weighted by Gasteiger charge is -2.36. The minimum absolute atomic E-state index is 0.240. The summed E-state index contributed by atoms with van der Waals surface area (Å²) in [6.45, 7) is 4.42. The van der Waals surface area contributed by atoms with E-state index >= 15 is 0 Å². The Kier molecular flexibility index (Phi) is 6.99. The van der Waals surface area contributed by atoms with Gasteiger partial charge in [0.2, 0.25) is 0 Å². The second-order valence-corrected chi connectivity index (χ2v) is 7.33. The molecule has 3 amide bonds. The molecule has 0 saturated carbocycles. The molecular formula is C23H24F3N3O2. The topological polar surface area (TPSA) is 61.4 Å². The van der Waals surface area contributed by atoms with E-state index in [2.05, 4.69) is 17.2 Å². The van der Waals surface area contributed by atoms with Crippen molar-refractivity contribution in [3.8, 4) is 0 Å². The van der Waals surface area contributed by atoms with Crippen molar-refractivity contribution in [3.63, 3.8) is 0 Å². The molecule has 164 valence electrons. The summed E-state index contributed by atoms with van der Waals surface area (Å²) in [5, 5.41) is 5.49. The fraction of sp³-hybridized carbons (Fsp3) is 0.304. The van der Waals surface area contributed by atoms with Crippen LogP contribution in [0.3, 0.4) is 0 Å². The molecule has 5 nitrogen and oxygen atoms in total. The molecule has 31 heavy (non-hydrogen) atoms. The van der Waals surface area contributed by atoms with Gasteiger partial charge < -0.3 is 15.5 Å². The largest absolute Gasteiger partial charge is 0.416 e. The molecule has 1 saturated heterocycles. The van der Waals surface area contributed by atoms with Crippen molar-refractivity contribution in [1.29, 1.82) is 0 Å². The fourth-order valence-corrected chi connectivity index (χ4v) is 3.58. The van der Waals surface area contributed by atoms with Gasteiger partial charge in [-0.05, 0) is 61.2 Å². The molecule has 1 aliphatic rings. The number of nitrogens with one attached hydrogen (secondary N) is 2. The van der Waals surface area contributed by atoms with Crippen LogP contribution < -0.4 is 10.6 Å². The number of carbonyl (C=O) groups is 2. The quantitative estimate of drug-likeness (QED) is 0.625. The predicted octanol–water partition coefficient (Wildman–Crippen LogP) is 5.38. The van der Waals surface area contributed by atoms with Gasteiger partial charge in [-0.15, -0.1) is 6.58 Å². The van der Waals surface area contributed by atoms with Crippen molar-refractivity contribution in [2.75, 3.05) is 18.4 Å². The first-order chi connectivity index (χ1) is 14.8. The molecule has 2 aromatic carbocycles. The number of hydrogen-bond donors (Lipinski definition) is 2. The summed E-state index contributed by atoms with van der Waals surface area (Å²) in [7, 11) is 0. The zero-order valence-electron chi connectivity index (χ0n) is 16.9. The van der Waals surface area contributed by atoms with Crippen LogP contribution in [0.5, 0.6) is 0 Å². The second-order valence-electron chi connectivity index (χ2n) is 7.33. The number of carbonyl (C=O) groups excluding carboxylic acids is 2. The van der Waals surface area contributed by atoms with Gasteiger partial charge >= 0.3 is 12.2 Å². The summed E-state index contributed by atoms with van der Waals surface area (Å²) in [4.78, 5) is 26.5. The van der Waals surface area contributed by atoms with Gasteiger partial charge in [-0.25, -0.2) is 4.79 Å². The first-order valence-electron chi connectivity index (χ1n) is 10.0. The molecule has 0 radical (unpaired) electrons. The summed E-state index contributed by atoms with van der Waals surface area (Å²) >= 11 is 0. The smallest absolute Gasteiger partial charge is 0.349 e. The first kappa shape index (κ1) is 22.4. The average molecular weight is 431 g/mol. The minimum Gasteiger partial charge on any atom is -0.349 e. The van der Waals surface area contributed by atoms with E-state index in [4.69, 9.17) is 0 Å². The Hall–Kier alpha value is -3.29. The van der Waals surface area contributed by atoms with Gasteiger partial charge in [0.15, 0.2) is 0 Å². The number of amides is 3. The summed E-state index contributed by atoms with van der Waals surface area (Å²) in [5.41, 5.74) is 0.958. The monoisotopic (exact) mass is 431 g/mol. The minimum atomic E-state index is -4.39. The fourth-order valence-electron chi connectivity index (χ4n) is 3.58. The highest BCUT2D eigenvalue weighted by Gasteiger charge is 2.32. The van der Waals surface area contributed by atoms with Gasteiger partial charge in [0, 0.05) is 24.3 Å². The van der Waals surface area contributed by atoms with Crippen molar-refractivity contribution in [2.45, 2.75) is 31.5 Å². The van der Waals surface area contributed by atoms with Gasteiger partial charge in [0.1, 0.15) is 0 Å². The van der Waals surface area contributed by atoms with Crippen LogP contribution >= 0.6 is 0 Å². The van der Waals surface area contributed by atoms with E-state index in [0.717, 1.165) is 25.0 Å². The molecule has 1 fully saturated rings. The highest BCUT2D eigenvalue weighted by molar-refractivity contribution is 5.95. The lowest BCUT2D eigenvalue weighted by atomic mass is 9.95. The Bertz CT molecular complexity index is 925. The van der Waals surface area contributed by atoms with E-state index < -0.39 is 11.7 Å². The maximum Gasteiger partial charge on any atom is 0.416 e. The van der Waals surface area contributed by atoms with Gasteiger partial charge in [-0.1, -0.05) is 18.2 Å². The summed E-state index contributed by atoms with van der Waals surface area (Å²) in [6, 6.07) is 10.9. The Morgan fingerprint density at radius 2 is 1.74 bits per heavy atom. The molecule has 0 aliphatic carbocycles. The number of rotatable bonds is 5. The molecule has 0 unspecified atom stereocenters. The van der Waals surface area contributed by atoms with Crippen LogP contribution in [0, 0.1) is 0 Å². The zero-order chi connectivity index (χ0) is 22.4. The number of likely N-dealkylation sites (tertiary alicyclic amines) is 1. The van der Waals surface area contributed by atoms with Crippen LogP contribution in [0.25, 0.3) is 0 Å². The summed E-state index contributed by atoms with van der Waals surface area (Å²) in [5.74, 6) is -0.240. The molecule has 1 heterocycles. The predicted molar refractivity (Wildman–Crippen MR) is 113 cm³/mol. The molecule has 1 aliphatic heterocycles. The molecular weight excluding hydrogens is 407 g/mol. The van der Waals surface area contributed by atoms with Gasteiger partial charge in [-0.2, -0.15) is 13.2 Å². The first-order valence-corrected chi connectivity index (χ1v) is 10.0. The Morgan fingerprint density at radius 1 is 1.06 bits per heavy atom. The van der Waals surface area contributed by atoms with Crippen LogP contribution in [-0.2, 0) is 6.18 Å². The normalized spacial score (nSPS) is 16.5. The molecule has 8 heteroatoms. The summed E-state index contributed by atoms with van der Waals surface area (Å²) < 4.78 is 38.5. The number of nitrogens with zero attached hydrogens (tertiary/aromatic N) is 1. The molecule has 0 aromatic heterocycles. The highest BCUT2D eigenvalue weighted by Crippen LogP contribution is 2.34. The van der Waals surface area contributed by atoms with Gasteiger partial charge in [0.25, 0.3) is 5.91 Å². The summed E-state index contributed by atoms with van der Waals surface area (Å²) in [6.07, 6.45) is -0.409. The van der Waals surface area contributed by atoms with Crippen LogP contribution in [-0.4, -0.2) is 29.9 Å². The number of halogens is 3. The van der Waals surface area contributed by atoms with E-state index in [1.165, 1.54) is 12.1 Å². The SMILES string of the molecule is C=CCNC(=O)c1ccc(NC(=O)N2CCCC[C@@H]2c2ccc(C(F)(F)F)cc2)cc1. The highest BCUT2D eigenvalue weighted by atomic mass is 19.4. The van der Waals surface area contributed by atoms with E-state index in [1.807, 2.05) is 0 Å². The van der Waals surface area contributed by atoms with Crippen LogP contribution in [0.15, 0.2) is 61.2 Å². The second kappa shape index (κ2) is 9.68. The number of urea groups is 1. The van der Waals surface area contributed by atoms with Crippen molar-refractivity contribution < 1.29 is 22.8 Å². The number of alkyl halides is 3. The van der Waals surface area contributed by atoms with E-state index in [0.29, 0.717) is 36.3 Å². The molecule has 3 rings (SSSR count). The zero-order valence-corrected chi connectivity index (χ0v) is 16.9. The average Bonchev–Trinajstić information content (AvgIpc) is 2.77. The number of hydrogen-bond acceptors (Lipinski definition) is 2. The van der Waals surface area contributed by atoms with Crippen LogP contribution in [0.1, 0.15) is 46.8 Å². The molecule has 2 N–H and O–H groups in total. The lowest BCUT2D eigenvalue weighted by molar-refractivity contribution is -0.137. The van der Waals surface area contributed by atoms with Crippen LogP contribution in [0.4, 0.5) is 23.7 Å². The van der Waals surface area contributed by atoms with Crippen molar-refractivity contribution in [3.05, 3.63) is 77.9 Å². The van der Waals surface area contributed by atoms with Crippen molar-refractivity contribution >= 4 is 17.6 Å². The Labute approximate surface area is 178 Å². The van der Waals surface area contributed by atoms with Crippen molar-refractivity contribution in [2.24, 2.45) is 0 Å². The Morgan fingerprint density at radius 3 is 2.35 bits per heavy atom. The van der Waals surface area contributed by atoms with Gasteiger partial charge in [0.05, 0.1) is 11.6 Å².